The van der Waals surface area contributed by atoms with E-state index >= 15 is 0 Å². The van der Waals surface area contributed by atoms with Gasteiger partial charge in [-0.25, -0.2) is 4.79 Å². The van der Waals surface area contributed by atoms with Crippen molar-refractivity contribution in [1.29, 1.82) is 0 Å². The molecule has 1 unspecified atom stereocenters. The second-order valence-electron chi connectivity index (χ2n) is 10.4. The maximum atomic E-state index is 12.4. The normalized spacial score (nSPS) is 12.6. The van der Waals surface area contributed by atoms with Crippen molar-refractivity contribution >= 4 is 12.1 Å². The van der Waals surface area contributed by atoms with Gasteiger partial charge < -0.3 is 28.6 Å². The van der Waals surface area contributed by atoms with Gasteiger partial charge in [-0.15, -0.1) is 0 Å². The van der Waals surface area contributed by atoms with Crippen LogP contribution >= 0.6 is 0 Å². The molecule has 0 aliphatic rings. The van der Waals surface area contributed by atoms with Crippen molar-refractivity contribution in [2.24, 2.45) is 5.92 Å². The van der Waals surface area contributed by atoms with Gasteiger partial charge in [0.25, 0.3) is 0 Å². The van der Waals surface area contributed by atoms with Gasteiger partial charge in [0.1, 0.15) is 0 Å². The Balaban J connectivity index is 4.18. The van der Waals surface area contributed by atoms with E-state index in [-0.39, 0.29) is 31.5 Å². The molecule has 0 aromatic carbocycles. The minimum Gasteiger partial charge on any atom is -0.465 e. The molecule has 0 rings (SSSR count). The average Bonchev–Trinajstić information content (AvgIpc) is 2.97. The van der Waals surface area contributed by atoms with Crippen molar-refractivity contribution in [2.75, 3.05) is 52.7 Å². The Hall–Kier alpha value is -1.90. The quantitative estimate of drug-likeness (QED) is 0.0398. The standard InChI is InChI=1S/C33H61NO7/c1-6-10-12-14-16-18-25-37-32(38-26-19-17-15-13-11-7-2)22-21-31(35)41-29-30(5)23-28-40-33(36)39-27-20-24-34(8-3)9-4/h10-13,30,32H,6-9,14-29H2,1-5H3/b12-10-,13-11-. The van der Waals surface area contributed by atoms with Crippen LogP contribution in [0.4, 0.5) is 4.79 Å². The van der Waals surface area contributed by atoms with Crippen LogP contribution in [0.2, 0.25) is 0 Å². The highest BCUT2D eigenvalue weighted by molar-refractivity contribution is 5.69. The highest BCUT2D eigenvalue weighted by atomic mass is 16.7. The Morgan fingerprint density at radius 1 is 0.683 bits per heavy atom. The molecule has 240 valence electrons. The van der Waals surface area contributed by atoms with E-state index in [1.165, 1.54) is 0 Å². The fourth-order valence-electron chi connectivity index (χ4n) is 3.94. The third-order valence-electron chi connectivity index (χ3n) is 6.62. The van der Waals surface area contributed by atoms with E-state index in [2.05, 4.69) is 56.9 Å². The van der Waals surface area contributed by atoms with Gasteiger partial charge in [-0.3, -0.25) is 4.79 Å². The fraction of sp³-hybridized carbons (Fsp3) is 0.818. The lowest BCUT2D eigenvalue weighted by Gasteiger charge is -2.19. The molecule has 0 aromatic rings. The number of allylic oxidation sites excluding steroid dienone is 4. The third kappa shape index (κ3) is 26.7. The summed E-state index contributed by atoms with van der Waals surface area (Å²) in [6, 6.07) is 0. The molecular formula is C33H61NO7. The topological polar surface area (TPSA) is 83.5 Å². The second-order valence-corrected chi connectivity index (χ2v) is 10.4. The molecule has 0 spiro atoms. The maximum absolute atomic E-state index is 12.4. The number of unbranched alkanes of at least 4 members (excludes halogenated alkanes) is 4. The Bertz CT molecular complexity index is 640. The summed E-state index contributed by atoms with van der Waals surface area (Å²) in [4.78, 5) is 26.4. The van der Waals surface area contributed by atoms with E-state index < -0.39 is 12.4 Å². The van der Waals surface area contributed by atoms with Crippen LogP contribution in [-0.2, 0) is 28.5 Å². The van der Waals surface area contributed by atoms with Gasteiger partial charge in [-0.1, -0.05) is 58.9 Å². The van der Waals surface area contributed by atoms with Gasteiger partial charge in [0.05, 0.1) is 26.2 Å². The summed E-state index contributed by atoms with van der Waals surface area (Å²) in [6.07, 6.45) is 18.2. The summed E-state index contributed by atoms with van der Waals surface area (Å²) >= 11 is 0. The van der Waals surface area contributed by atoms with E-state index in [1.807, 2.05) is 6.92 Å². The molecule has 0 bridgehead atoms. The van der Waals surface area contributed by atoms with Crippen LogP contribution in [0.1, 0.15) is 112 Å². The Kier molecular flexibility index (Phi) is 28.2. The number of ether oxygens (including phenoxy) is 5. The van der Waals surface area contributed by atoms with E-state index in [4.69, 9.17) is 23.7 Å². The molecule has 0 aliphatic carbocycles. The van der Waals surface area contributed by atoms with Gasteiger partial charge in [0.15, 0.2) is 6.29 Å². The van der Waals surface area contributed by atoms with Crippen molar-refractivity contribution in [3.63, 3.8) is 0 Å². The highest BCUT2D eigenvalue weighted by Gasteiger charge is 2.15. The van der Waals surface area contributed by atoms with Crippen LogP contribution in [0.3, 0.4) is 0 Å². The zero-order valence-corrected chi connectivity index (χ0v) is 26.9. The molecule has 41 heavy (non-hydrogen) atoms. The molecule has 0 aliphatic heterocycles. The molecule has 0 saturated heterocycles. The Morgan fingerprint density at radius 3 is 1.83 bits per heavy atom. The van der Waals surface area contributed by atoms with Crippen LogP contribution in [0.15, 0.2) is 24.3 Å². The van der Waals surface area contributed by atoms with Crippen LogP contribution in [0.25, 0.3) is 0 Å². The van der Waals surface area contributed by atoms with Crippen LogP contribution in [0, 0.1) is 5.92 Å². The fourth-order valence-corrected chi connectivity index (χ4v) is 3.94. The van der Waals surface area contributed by atoms with E-state index in [9.17, 15) is 9.59 Å². The van der Waals surface area contributed by atoms with Crippen molar-refractivity contribution in [2.45, 2.75) is 118 Å². The van der Waals surface area contributed by atoms with E-state index in [0.29, 0.717) is 32.7 Å². The molecular weight excluding hydrogens is 522 g/mol. The number of esters is 1. The van der Waals surface area contributed by atoms with Gasteiger partial charge in [0, 0.05) is 26.2 Å². The van der Waals surface area contributed by atoms with Crippen molar-refractivity contribution < 1.29 is 33.3 Å². The molecule has 0 fully saturated rings. The second kappa shape index (κ2) is 29.6. The summed E-state index contributed by atoms with van der Waals surface area (Å²) in [7, 11) is 0. The third-order valence-corrected chi connectivity index (χ3v) is 6.62. The first-order valence-electron chi connectivity index (χ1n) is 16.2. The summed E-state index contributed by atoms with van der Waals surface area (Å²) < 4.78 is 27.7. The van der Waals surface area contributed by atoms with Crippen LogP contribution < -0.4 is 0 Å². The number of nitrogens with zero attached hydrogens (tertiary/aromatic N) is 1. The summed E-state index contributed by atoms with van der Waals surface area (Å²) in [6.45, 7) is 15.4. The minimum absolute atomic E-state index is 0.0706. The minimum atomic E-state index is -0.644. The average molecular weight is 584 g/mol. The molecule has 0 radical (unpaired) electrons. The molecule has 0 saturated carbocycles. The predicted octanol–water partition coefficient (Wildman–Crippen LogP) is 7.85. The number of carbonyl (C=O) groups is 2. The van der Waals surface area contributed by atoms with Crippen molar-refractivity contribution in [3.05, 3.63) is 24.3 Å². The Labute approximate surface area is 251 Å². The first-order chi connectivity index (χ1) is 20.0. The van der Waals surface area contributed by atoms with Crippen LogP contribution in [0.5, 0.6) is 0 Å². The van der Waals surface area contributed by atoms with Gasteiger partial charge in [-0.05, 0) is 83.2 Å². The van der Waals surface area contributed by atoms with E-state index in [1.54, 1.807) is 0 Å². The molecule has 0 heterocycles. The maximum Gasteiger partial charge on any atom is 0.508 e. The van der Waals surface area contributed by atoms with E-state index in [0.717, 1.165) is 77.4 Å². The molecule has 0 N–H and O–H groups in total. The van der Waals surface area contributed by atoms with Gasteiger partial charge in [-0.2, -0.15) is 0 Å². The molecule has 8 heteroatoms. The Morgan fingerprint density at radius 2 is 1.27 bits per heavy atom. The zero-order valence-electron chi connectivity index (χ0n) is 26.9. The summed E-state index contributed by atoms with van der Waals surface area (Å²) in [5.41, 5.74) is 0. The first kappa shape index (κ1) is 39.1. The molecule has 8 nitrogen and oxygen atoms in total. The number of rotatable bonds is 28. The monoisotopic (exact) mass is 583 g/mol. The van der Waals surface area contributed by atoms with Gasteiger partial charge in [0.2, 0.25) is 0 Å². The number of hydrogen-bond acceptors (Lipinski definition) is 8. The first-order valence-corrected chi connectivity index (χ1v) is 16.2. The lowest BCUT2D eigenvalue weighted by molar-refractivity contribution is -0.160. The predicted molar refractivity (Wildman–Crippen MR) is 166 cm³/mol. The zero-order chi connectivity index (χ0) is 30.4. The lowest BCUT2D eigenvalue weighted by Crippen LogP contribution is -2.25. The molecule has 1 atom stereocenters. The largest absolute Gasteiger partial charge is 0.508 e. The number of hydrogen-bond donors (Lipinski definition) is 0. The summed E-state index contributed by atoms with van der Waals surface area (Å²) in [5, 5.41) is 0. The van der Waals surface area contributed by atoms with Crippen molar-refractivity contribution in [1.82, 2.24) is 4.90 Å². The van der Waals surface area contributed by atoms with Gasteiger partial charge >= 0.3 is 12.1 Å². The van der Waals surface area contributed by atoms with Crippen LogP contribution in [-0.4, -0.2) is 76.0 Å². The lowest BCUT2D eigenvalue weighted by atomic mass is 10.1. The smallest absolute Gasteiger partial charge is 0.465 e. The SMILES string of the molecule is CC/C=C\CCCCOC(CCC(=O)OCC(C)CCOC(=O)OCCCN(CC)CC)OCCCC/C=C\CC. The highest BCUT2D eigenvalue weighted by Crippen LogP contribution is 2.11. The summed E-state index contributed by atoms with van der Waals surface area (Å²) in [5.74, 6) is -0.196. The molecule has 0 amide bonds. The molecule has 0 aromatic heterocycles. The number of carbonyl (C=O) groups excluding carboxylic acids is 2. The van der Waals surface area contributed by atoms with Crippen molar-refractivity contribution in [3.8, 4) is 0 Å².